The fourth-order valence-electron chi connectivity index (χ4n) is 5.83. The Morgan fingerprint density at radius 3 is 2.79 bits per heavy atom. The average molecular weight is 450 g/mol. The van der Waals surface area contributed by atoms with Gasteiger partial charge >= 0.3 is 0 Å². The van der Waals surface area contributed by atoms with E-state index in [-0.39, 0.29) is 17.5 Å². The van der Waals surface area contributed by atoms with Crippen molar-refractivity contribution in [1.29, 1.82) is 0 Å². The number of aromatic nitrogens is 3. The molecule has 1 amide bonds. The van der Waals surface area contributed by atoms with Crippen molar-refractivity contribution in [1.82, 2.24) is 24.8 Å². The molecule has 1 saturated carbocycles. The van der Waals surface area contributed by atoms with Crippen molar-refractivity contribution >= 4 is 5.91 Å². The van der Waals surface area contributed by atoms with E-state index in [0.717, 1.165) is 68.6 Å². The standard InChI is InChI=1S/C26H35N5O2/c32-24(11-10-19-6-1-2-7-19)31-14-4-3-9-23(31)25-28-22-12-15-30(18-21(22)26(33)29-25)17-20-8-5-13-27-16-20/h5,8,13,16,19,23H,1-4,6-7,9-12,14-15,17-18H2,(H,28,29,33)/t23-/m1/s1. The van der Waals surface area contributed by atoms with Crippen LogP contribution in [0.15, 0.2) is 29.3 Å². The second-order valence-electron chi connectivity index (χ2n) is 9.99. The van der Waals surface area contributed by atoms with Crippen molar-refractivity contribution in [3.63, 3.8) is 0 Å². The van der Waals surface area contributed by atoms with E-state index in [9.17, 15) is 9.59 Å². The van der Waals surface area contributed by atoms with E-state index in [2.05, 4.69) is 20.9 Å². The van der Waals surface area contributed by atoms with Crippen molar-refractivity contribution in [2.75, 3.05) is 13.1 Å². The van der Waals surface area contributed by atoms with Gasteiger partial charge in [-0.15, -0.1) is 0 Å². The molecule has 0 spiro atoms. The molecule has 1 atom stereocenters. The smallest absolute Gasteiger partial charge is 0.255 e. The summed E-state index contributed by atoms with van der Waals surface area (Å²) in [4.78, 5) is 42.6. The number of rotatable bonds is 6. The molecule has 0 aromatic carbocycles. The molecule has 2 fully saturated rings. The van der Waals surface area contributed by atoms with E-state index in [0.29, 0.717) is 24.7 Å². The molecule has 176 valence electrons. The Hall–Kier alpha value is -2.54. The predicted molar refractivity (Wildman–Crippen MR) is 126 cm³/mol. The zero-order valence-corrected chi connectivity index (χ0v) is 19.5. The topological polar surface area (TPSA) is 82.2 Å². The van der Waals surface area contributed by atoms with Crippen LogP contribution in [0.3, 0.4) is 0 Å². The molecule has 2 aromatic heterocycles. The number of hydrogen-bond donors (Lipinski definition) is 1. The lowest BCUT2D eigenvalue weighted by Gasteiger charge is -2.36. The third kappa shape index (κ3) is 5.18. The van der Waals surface area contributed by atoms with Crippen LogP contribution in [0.5, 0.6) is 0 Å². The average Bonchev–Trinajstić information content (AvgIpc) is 3.37. The van der Waals surface area contributed by atoms with Crippen LogP contribution in [-0.4, -0.2) is 43.7 Å². The quantitative estimate of drug-likeness (QED) is 0.726. The maximum atomic E-state index is 13.1. The summed E-state index contributed by atoms with van der Waals surface area (Å²) in [5.41, 5.74) is 2.77. The van der Waals surface area contributed by atoms with Gasteiger partial charge < -0.3 is 9.88 Å². The number of H-pyrrole nitrogens is 1. The van der Waals surface area contributed by atoms with Crippen LogP contribution >= 0.6 is 0 Å². The number of fused-ring (bicyclic) bond motifs is 1. The van der Waals surface area contributed by atoms with Gasteiger partial charge in [-0.25, -0.2) is 4.98 Å². The van der Waals surface area contributed by atoms with Crippen molar-refractivity contribution in [2.24, 2.45) is 5.92 Å². The highest BCUT2D eigenvalue weighted by molar-refractivity contribution is 5.76. The van der Waals surface area contributed by atoms with Crippen molar-refractivity contribution in [2.45, 2.75) is 83.3 Å². The zero-order valence-electron chi connectivity index (χ0n) is 19.5. The normalized spacial score (nSPS) is 21.8. The summed E-state index contributed by atoms with van der Waals surface area (Å²) in [5.74, 6) is 1.64. The van der Waals surface area contributed by atoms with Crippen molar-refractivity contribution < 1.29 is 4.79 Å². The monoisotopic (exact) mass is 449 g/mol. The number of hydrogen-bond acceptors (Lipinski definition) is 5. The van der Waals surface area contributed by atoms with Gasteiger partial charge in [0, 0.05) is 51.4 Å². The van der Waals surface area contributed by atoms with Crippen molar-refractivity contribution in [3.05, 3.63) is 57.5 Å². The molecular formula is C26H35N5O2. The second kappa shape index (κ2) is 10.2. The van der Waals surface area contributed by atoms with Gasteiger partial charge in [-0.05, 0) is 43.2 Å². The minimum atomic E-state index is -0.0961. The first kappa shape index (κ1) is 22.3. The highest BCUT2D eigenvalue weighted by Crippen LogP contribution is 2.32. The molecule has 1 saturated heterocycles. The van der Waals surface area contributed by atoms with Crippen LogP contribution in [0.1, 0.15) is 86.5 Å². The van der Waals surface area contributed by atoms with Gasteiger partial charge in [0.2, 0.25) is 5.91 Å². The van der Waals surface area contributed by atoms with Crippen molar-refractivity contribution in [3.8, 4) is 0 Å². The number of pyridine rings is 1. The largest absolute Gasteiger partial charge is 0.333 e. The number of nitrogens with one attached hydrogen (secondary N) is 1. The minimum absolute atomic E-state index is 0.0465. The highest BCUT2D eigenvalue weighted by atomic mass is 16.2. The third-order valence-electron chi connectivity index (χ3n) is 7.67. The summed E-state index contributed by atoms with van der Waals surface area (Å²) in [7, 11) is 0. The van der Waals surface area contributed by atoms with Gasteiger partial charge in [0.15, 0.2) is 0 Å². The summed E-state index contributed by atoms with van der Waals surface area (Å²) in [6, 6.07) is 3.91. The maximum Gasteiger partial charge on any atom is 0.255 e. The lowest BCUT2D eigenvalue weighted by Crippen LogP contribution is -2.41. The molecule has 33 heavy (non-hydrogen) atoms. The molecule has 0 unspecified atom stereocenters. The number of likely N-dealkylation sites (tertiary alicyclic amines) is 1. The summed E-state index contributed by atoms with van der Waals surface area (Å²) >= 11 is 0. The molecule has 2 aromatic rings. The van der Waals surface area contributed by atoms with Gasteiger partial charge in [-0.2, -0.15) is 0 Å². The first-order valence-electron chi connectivity index (χ1n) is 12.7. The number of amides is 1. The van der Waals surface area contributed by atoms with E-state index in [1.807, 2.05) is 17.2 Å². The summed E-state index contributed by atoms with van der Waals surface area (Å²) in [6.45, 7) is 3.02. The van der Waals surface area contributed by atoms with Crippen LogP contribution in [0.25, 0.3) is 0 Å². The third-order valence-corrected chi connectivity index (χ3v) is 7.67. The van der Waals surface area contributed by atoms with Crippen LogP contribution in [-0.2, 0) is 24.3 Å². The number of carbonyl (C=O) groups is 1. The Kier molecular flexibility index (Phi) is 6.85. The van der Waals surface area contributed by atoms with E-state index < -0.39 is 0 Å². The van der Waals surface area contributed by atoms with E-state index in [1.54, 1.807) is 6.20 Å². The first-order valence-corrected chi connectivity index (χ1v) is 12.7. The summed E-state index contributed by atoms with van der Waals surface area (Å²) < 4.78 is 0. The van der Waals surface area contributed by atoms with Gasteiger partial charge in [-0.3, -0.25) is 19.5 Å². The zero-order chi connectivity index (χ0) is 22.6. The molecule has 1 N–H and O–H groups in total. The lowest BCUT2D eigenvalue weighted by molar-refractivity contribution is -0.135. The van der Waals surface area contributed by atoms with Gasteiger partial charge in [0.25, 0.3) is 5.56 Å². The molecule has 1 aliphatic carbocycles. The van der Waals surface area contributed by atoms with Crippen LogP contribution in [0.4, 0.5) is 0 Å². The second-order valence-corrected chi connectivity index (χ2v) is 9.99. The maximum absolute atomic E-state index is 13.1. The van der Waals surface area contributed by atoms with E-state index in [4.69, 9.17) is 4.98 Å². The number of aromatic amines is 1. The summed E-state index contributed by atoms with van der Waals surface area (Å²) in [6.07, 6.45) is 14.2. The Morgan fingerprint density at radius 2 is 1.97 bits per heavy atom. The van der Waals surface area contributed by atoms with Gasteiger partial charge in [0.1, 0.15) is 5.82 Å². The lowest BCUT2D eigenvalue weighted by atomic mass is 9.97. The molecule has 2 aliphatic heterocycles. The molecule has 4 heterocycles. The molecule has 3 aliphatic rings. The van der Waals surface area contributed by atoms with Crippen LogP contribution in [0, 0.1) is 5.92 Å². The Balaban J connectivity index is 1.29. The van der Waals surface area contributed by atoms with Crippen LogP contribution in [0.2, 0.25) is 0 Å². The minimum Gasteiger partial charge on any atom is -0.333 e. The molecule has 7 nitrogen and oxygen atoms in total. The number of piperidine rings is 1. The molecule has 0 radical (unpaired) electrons. The SMILES string of the molecule is O=C(CCC1CCCC1)N1CCCC[C@@H]1c1nc2c(c(=O)[nH]1)CN(Cc1cccnc1)CC2. The molecular weight excluding hydrogens is 414 g/mol. The number of nitrogens with zero attached hydrogens (tertiary/aromatic N) is 4. The van der Waals surface area contributed by atoms with E-state index >= 15 is 0 Å². The Labute approximate surface area is 195 Å². The Bertz CT molecular complexity index is 1020. The predicted octanol–water partition coefficient (Wildman–Crippen LogP) is 3.75. The van der Waals surface area contributed by atoms with E-state index in [1.165, 1.54) is 25.7 Å². The van der Waals surface area contributed by atoms with Crippen LogP contribution < -0.4 is 5.56 Å². The Morgan fingerprint density at radius 1 is 1.12 bits per heavy atom. The highest BCUT2D eigenvalue weighted by Gasteiger charge is 2.31. The molecule has 5 rings (SSSR count). The fourth-order valence-corrected chi connectivity index (χ4v) is 5.83. The summed E-state index contributed by atoms with van der Waals surface area (Å²) in [5, 5.41) is 0. The van der Waals surface area contributed by atoms with Gasteiger partial charge in [0.05, 0.1) is 17.3 Å². The first-order chi connectivity index (χ1) is 16.2. The fraction of sp³-hybridized carbons (Fsp3) is 0.615. The van der Waals surface area contributed by atoms with Gasteiger partial charge in [-0.1, -0.05) is 31.7 Å². The molecule has 0 bridgehead atoms. The number of carbonyl (C=O) groups excluding carboxylic acids is 1. The molecule has 7 heteroatoms.